The van der Waals surface area contributed by atoms with E-state index < -0.39 is 0 Å². The average molecular weight is 433 g/mol. The summed E-state index contributed by atoms with van der Waals surface area (Å²) in [5, 5.41) is 1.13. The molecule has 2 aromatic heterocycles. The molecule has 6 heteroatoms. The van der Waals surface area contributed by atoms with Gasteiger partial charge in [-0.1, -0.05) is 37.3 Å². The largest absolute Gasteiger partial charge is 0.330 e. The molecule has 4 aromatic rings. The molecule has 2 aromatic carbocycles. The summed E-state index contributed by atoms with van der Waals surface area (Å²) in [6.07, 6.45) is 2.35. The third kappa shape index (κ3) is 3.86. The number of aryl methyl sites for hydroxylation is 1. The fraction of sp³-hybridized carbons (Fsp3) is 0.360. The molecule has 1 amide bonds. The number of likely N-dealkylation sites (N-methyl/N-ethyl adjacent to an activating group) is 1. The Bertz CT molecular complexity index is 1190. The predicted molar refractivity (Wildman–Crippen MR) is 128 cm³/mol. The van der Waals surface area contributed by atoms with Crippen LogP contribution in [0.4, 0.5) is 0 Å². The van der Waals surface area contributed by atoms with Crippen LogP contribution < -0.4 is 0 Å². The fourth-order valence-electron chi connectivity index (χ4n) is 4.74. The second kappa shape index (κ2) is 8.44. The Hall–Kier alpha value is -2.70. The molecule has 1 aliphatic rings. The van der Waals surface area contributed by atoms with Gasteiger partial charge in [-0.05, 0) is 55.6 Å². The normalized spacial score (nSPS) is 17.0. The van der Waals surface area contributed by atoms with E-state index in [0.717, 1.165) is 57.9 Å². The third-order valence-electron chi connectivity index (χ3n) is 6.47. The first-order chi connectivity index (χ1) is 15.1. The number of carbonyl (C=O) groups is 1. The second-order valence-corrected chi connectivity index (χ2v) is 9.42. The molecule has 1 saturated heterocycles. The van der Waals surface area contributed by atoms with Crippen LogP contribution in [0, 0.1) is 0 Å². The van der Waals surface area contributed by atoms with Gasteiger partial charge >= 0.3 is 0 Å². The number of thiophene rings is 1. The van der Waals surface area contributed by atoms with Crippen molar-refractivity contribution in [2.75, 3.05) is 19.6 Å². The van der Waals surface area contributed by atoms with Crippen LogP contribution in [-0.2, 0) is 13.6 Å². The number of para-hydroxylation sites is 2. The molecule has 0 saturated carbocycles. The first kappa shape index (κ1) is 20.2. The van der Waals surface area contributed by atoms with Crippen LogP contribution in [0.3, 0.4) is 0 Å². The van der Waals surface area contributed by atoms with Gasteiger partial charge in [0.25, 0.3) is 5.91 Å². The predicted octanol–water partition coefficient (Wildman–Crippen LogP) is 4.91. The molecule has 5 nitrogen and oxygen atoms in total. The summed E-state index contributed by atoms with van der Waals surface area (Å²) < 4.78 is 3.27. The summed E-state index contributed by atoms with van der Waals surface area (Å²) in [4.78, 5) is 23.9. The number of fused-ring (bicyclic) bond motifs is 2. The number of hydrogen-bond acceptors (Lipinski definition) is 4. The van der Waals surface area contributed by atoms with Crippen molar-refractivity contribution in [3.63, 3.8) is 0 Å². The fourth-order valence-corrected chi connectivity index (χ4v) is 5.77. The summed E-state index contributed by atoms with van der Waals surface area (Å²) in [7, 11) is 2.04. The van der Waals surface area contributed by atoms with Gasteiger partial charge in [-0.3, -0.25) is 9.69 Å². The minimum Gasteiger partial charge on any atom is -0.330 e. The Morgan fingerprint density at radius 2 is 2.00 bits per heavy atom. The van der Waals surface area contributed by atoms with E-state index in [1.165, 1.54) is 6.42 Å². The topological polar surface area (TPSA) is 41.4 Å². The molecule has 1 aliphatic heterocycles. The molecular weight excluding hydrogens is 404 g/mol. The van der Waals surface area contributed by atoms with E-state index in [9.17, 15) is 4.79 Å². The molecule has 3 heterocycles. The van der Waals surface area contributed by atoms with Crippen molar-refractivity contribution in [3.8, 4) is 0 Å². The zero-order valence-electron chi connectivity index (χ0n) is 18.1. The van der Waals surface area contributed by atoms with Crippen molar-refractivity contribution in [2.24, 2.45) is 7.05 Å². The molecule has 5 rings (SSSR count). The van der Waals surface area contributed by atoms with Crippen LogP contribution >= 0.6 is 11.3 Å². The van der Waals surface area contributed by atoms with E-state index >= 15 is 0 Å². The number of benzene rings is 2. The van der Waals surface area contributed by atoms with Gasteiger partial charge in [-0.25, -0.2) is 4.98 Å². The Labute approximate surface area is 186 Å². The number of aromatic nitrogens is 2. The standard InChI is InChI=1S/C25H28N4OS/c1-3-28-14-8-10-19(28)16-29(17-24-26-20-11-5-6-12-21(20)27(24)2)25(30)23-15-18-9-4-7-13-22(18)31-23/h4-7,9,11-13,15,19H,3,8,10,14,16-17H2,1-2H3. The Morgan fingerprint density at radius 1 is 1.19 bits per heavy atom. The van der Waals surface area contributed by atoms with Gasteiger partial charge in [0.2, 0.25) is 0 Å². The highest BCUT2D eigenvalue weighted by atomic mass is 32.1. The van der Waals surface area contributed by atoms with Crippen molar-refractivity contribution in [1.29, 1.82) is 0 Å². The highest BCUT2D eigenvalue weighted by molar-refractivity contribution is 7.20. The van der Waals surface area contributed by atoms with Gasteiger partial charge in [-0.2, -0.15) is 0 Å². The van der Waals surface area contributed by atoms with E-state index in [1.54, 1.807) is 11.3 Å². The van der Waals surface area contributed by atoms with E-state index in [4.69, 9.17) is 4.98 Å². The number of likely N-dealkylation sites (tertiary alicyclic amines) is 1. The van der Waals surface area contributed by atoms with Crippen LogP contribution in [0.15, 0.2) is 54.6 Å². The molecule has 0 radical (unpaired) electrons. The number of rotatable bonds is 6. The summed E-state index contributed by atoms with van der Waals surface area (Å²) in [6.45, 7) is 5.62. The average Bonchev–Trinajstić information content (AvgIpc) is 3.50. The van der Waals surface area contributed by atoms with Crippen LogP contribution in [-0.4, -0.2) is 50.9 Å². The molecule has 1 atom stereocenters. The second-order valence-electron chi connectivity index (χ2n) is 8.33. The zero-order valence-corrected chi connectivity index (χ0v) is 18.9. The number of imidazole rings is 1. The van der Waals surface area contributed by atoms with Crippen molar-refractivity contribution < 1.29 is 4.79 Å². The Kier molecular flexibility index (Phi) is 5.50. The minimum atomic E-state index is 0.108. The molecule has 1 fully saturated rings. The summed E-state index contributed by atoms with van der Waals surface area (Å²) in [6, 6.07) is 18.8. The van der Waals surface area contributed by atoms with Crippen LogP contribution in [0.2, 0.25) is 0 Å². The molecule has 0 spiro atoms. The Morgan fingerprint density at radius 3 is 2.81 bits per heavy atom. The lowest BCUT2D eigenvalue weighted by Gasteiger charge is -2.30. The lowest BCUT2D eigenvalue weighted by molar-refractivity contribution is 0.0690. The van der Waals surface area contributed by atoms with Gasteiger partial charge in [0.05, 0.1) is 22.5 Å². The highest BCUT2D eigenvalue weighted by Gasteiger charge is 2.29. The molecule has 1 unspecified atom stereocenters. The van der Waals surface area contributed by atoms with Crippen molar-refractivity contribution in [1.82, 2.24) is 19.4 Å². The maximum Gasteiger partial charge on any atom is 0.264 e. The molecule has 31 heavy (non-hydrogen) atoms. The highest BCUT2D eigenvalue weighted by Crippen LogP contribution is 2.28. The van der Waals surface area contributed by atoms with Crippen LogP contribution in [0.25, 0.3) is 21.1 Å². The van der Waals surface area contributed by atoms with E-state index in [-0.39, 0.29) is 5.91 Å². The lowest BCUT2D eigenvalue weighted by Crippen LogP contribution is -2.42. The van der Waals surface area contributed by atoms with Crippen LogP contribution in [0.5, 0.6) is 0 Å². The summed E-state index contributed by atoms with van der Waals surface area (Å²) >= 11 is 1.59. The van der Waals surface area contributed by atoms with Crippen molar-refractivity contribution in [3.05, 3.63) is 65.3 Å². The molecule has 0 bridgehead atoms. The van der Waals surface area contributed by atoms with E-state index in [2.05, 4.69) is 34.6 Å². The smallest absolute Gasteiger partial charge is 0.264 e. The first-order valence-electron chi connectivity index (χ1n) is 11.1. The van der Waals surface area contributed by atoms with Gasteiger partial charge < -0.3 is 9.47 Å². The molecule has 0 aliphatic carbocycles. The summed E-state index contributed by atoms with van der Waals surface area (Å²) in [5.74, 6) is 1.04. The number of amides is 1. The summed E-state index contributed by atoms with van der Waals surface area (Å²) in [5.41, 5.74) is 2.08. The first-order valence-corrected chi connectivity index (χ1v) is 11.9. The van der Waals surface area contributed by atoms with E-state index in [0.29, 0.717) is 12.6 Å². The van der Waals surface area contributed by atoms with Crippen molar-refractivity contribution in [2.45, 2.75) is 32.4 Å². The van der Waals surface area contributed by atoms with Gasteiger partial charge in [-0.15, -0.1) is 11.3 Å². The molecule has 0 N–H and O–H groups in total. The van der Waals surface area contributed by atoms with E-state index in [1.807, 2.05) is 48.3 Å². The van der Waals surface area contributed by atoms with Crippen LogP contribution in [0.1, 0.15) is 35.3 Å². The number of carbonyl (C=O) groups excluding carboxylic acids is 1. The van der Waals surface area contributed by atoms with Crippen molar-refractivity contribution >= 4 is 38.4 Å². The van der Waals surface area contributed by atoms with Gasteiger partial charge in [0.1, 0.15) is 5.82 Å². The lowest BCUT2D eigenvalue weighted by atomic mass is 10.2. The number of nitrogens with zero attached hydrogens (tertiary/aromatic N) is 4. The molecule has 160 valence electrons. The number of hydrogen-bond donors (Lipinski definition) is 0. The maximum atomic E-state index is 13.7. The monoisotopic (exact) mass is 432 g/mol. The SMILES string of the molecule is CCN1CCCC1CN(Cc1nc2ccccc2n1C)C(=O)c1cc2ccccc2s1. The quantitative estimate of drug-likeness (QED) is 0.434. The molecular formula is C25H28N4OS. The Balaban J connectivity index is 1.48. The third-order valence-corrected chi connectivity index (χ3v) is 7.58. The van der Waals surface area contributed by atoms with Gasteiger partial charge in [0, 0.05) is 24.3 Å². The zero-order chi connectivity index (χ0) is 21.4. The maximum absolute atomic E-state index is 13.7. The van der Waals surface area contributed by atoms with Gasteiger partial charge in [0.15, 0.2) is 0 Å². The minimum absolute atomic E-state index is 0.108.